The smallest absolute Gasteiger partial charge is 0.253 e. The highest BCUT2D eigenvalue weighted by Gasteiger charge is 2.47. The quantitative estimate of drug-likeness (QED) is 0.767. The summed E-state index contributed by atoms with van der Waals surface area (Å²) in [5.41, 5.74) is 1.48. The number of likely N-dealkylation sites (tertiary alicyclic amines) is 1. The highest BCUT2D eigenvalue weighted by molar-refractivity contribution is 7.90. The third-order valence-electron chi connectivity index (χ3n) is 5.62. The SMILES string of the molecule is O=C(c1ccncc1)N1CC[C@@H]2CN(Cc3cccc(Cl)c3)S(=O)(=O)[C@@H]2CC1. The van der Waals surface area contributed by atoms with Gasteiger partial charge in [-0.15, -0.1) is 0 Å². The van der Waals surface area contributed by atoms with Crippen LogP contribution in [0, 0.1) is 5.92 Å². The van der Waals surface area contributed by atoms with Crippen molar-refractivity contribution in [3.63, 3.8) is 0 Å². The standard InChI is InChI=1S/C20H22ClN3O3S/c21-18-3-1-2-15(12-18)13-24-14-17-6-10-23(11-7-19(17)28(24,26)27)20(25)16-4-8-22-9-5-16/h1-5,8-9,12,17,19H,6-7,10-11,13-14H2/t17-,19-/m1/s1. The van der Waals surface area contributed by atoms with Crippen molar-refractivity contribution >= 4 is 27.5 Å². The Bertz CT molecular complexity index is 968. The van der Waals surface area contributed by atoms with Gasteiger partial charge in [-0.3, -0.25) is 9.78 Å². The Hall–Kier alpha value is -1.96. The maximum Gasteiger partial charge on any atom is 0.253 e. The first kappa shape index (κ1) is 19.4. The zero-order valence-corrected chi connectivity index (χ0v) is 16.9. The lowest BCUT2D eigenvalue weighted by Crippen LogP contribution is -2.34. The molecule has 0 saturated carbocycles. The number of carbonyl (C=O) groups excluding carboxylic acids is 1. The fraction of sp³-hybridized carbons (Fsp3) is 0.400. The minimum Gasteiger partial charge on any atom is -0.339 e. The first-order valence-corrected chi connectivity index (χ1v) is 11.3. The number of amides is 1. The maximum atomic E-state index is 13.1. The van der Waals surface area contributed by atoms with Crippen molar-refractivity contribution in [1.82, 2.24) is 14.2 Å². The number of benzene rings is 1. The van der Waals surface area contributed by atoms with Gasteiger partial charge in [-0.1, -0.05) is 23.7 Å². The van der Waals surface area contributed by atoms with E-state index in [0.717, 1.165) is 5.56 Å². The number of hydrogen-bond donors (Lipinski definition) is 0. The molecule has 2 saturated heterocycles. The molecule has 2 aliphatic heterocycles. The first-order valence-electron chi connectivity index (χ1n) is 9.38. The Balaban J connectivity index is 1.46. The van der Waals surface area contributed by atoms with Crippen LogP contribution in [-0.2, 0) is 16.6 Å². The molecule has 1 aromatic heterocycles. The molecule has 2 aliphatic rings. The Labute approximate surface area is 170 Å². The van der Waals surface area contributed by atoms with Crippen molar-refractivity contribution in [1.29, 1.82) is 0 Å². The predicted molar refractivity (Wildman–Crippen MR) is 107 cm³/mol. The lowest BCUT2D eigenvalue weighted by atomic mass is 10.0. The minimum absolute atomic E-state index is 0.0411. The number of hydrogen-bond acceptors (Lipinski definition) is 4. The molecule has 0 N–H and O–H groups in total. The van der Waals surface area contributed by atoms with Crippen LogP contribution in [0.5, 0.6) is 0 Å². The van der Waals surface area contributed by atoms with E-state index in [-0.39, 0.29) is 11.8 Å². The van der Waals surface area contributed by atoms with E-state index in [4.69, 9.17) is 11.6 Å². The van der Waals surface area contributed by atoms with Gasteiger partial charge in [0.15, 0.2) is 0 Å². The third kappa shape index (κ3) is 3.79. The molecule has 0 aliphatic carbocycles. The zero-order valence-electron chi connectivity index (χ0n) is 15.4. The Morgan fingerprint density at radius 2 is 1.89 bits per heavy atom. The third-order valence-corrected chi connectivity index (χ3v) is 8.24. The molecule has 2 atom stereocenters. The predicted octanol–water partition coefficient (Wildman–Crippen LogP) is 2.80. The Kier molecular flexibility index (Phi) is 5.40. The van der Waals surface area contributed by atoms with Crippen LogP contribution in [-0.4, -0.2) is 53.4 Å². The van der Waals surface area contributed by atoms with E-state index in [2.05, 4.69) is 4.98 Å². The molecule has 6 nitrogen and oxygen atoms in total. The van der Waals surface area contributed by atoms with Gasteiger partial charge in [-0.2, -0.15) is 4.31 Å². The largest absolute Gasteiger partial charge is 0.339 e. The van der Waals surface area contributed by atoms with Crippen molar-refractivity contribution < 1.29 is 13.2 Å². The summed E-state index contributed by atoms with van der Waals surface area (Å²) in [6.45, 7) is 1.86. The fourth-order valence-corrected chi connectivity index (χ4v) is 6.61. The molecule has 1 amide bonds. The molecule has 0 radical (unpaired) electrons. The van der Waals surface area contributed by atoms with Crippen molar-refractivity contribution in [2.24, 2.45) is 5.92 Å². The van der Waals surface area contributed by atoms with E-state index in [1.807, 2.05) is 12.1 Å². The summed E-state index contributed by atoms with van der Waals surface area (Å²) >= 11 is 6.03. The Morgan fingerprint density at radius 1 is 1.14 bits per heavy atom. The molecule has 2 fully saturated rings. The molecule has 3 heterocycles. The molecule has 8 heteroatoms. The number of carbonyl (C=O) groups is 1. The molecular weight excluding hydrogens is 398 g/mol. The van der Waals surface area contributed by atoms with E-state index in [1.165, 1.54) is 0 Å². The fourth-order valence-electron chi connectivity index (χ4n) is 4.17. The lowest BCUT2D eigenvalue weighted by molar-refractivity contribution is 0.0759. The van der Waals surface area contributed by atoms with Crippen LogP contribution in [0.3, 0.4) is 0 Å². The van der Waals surface area contributed by atoms with Gasteiger partial charge in [-0.25, -0.2) is 8.42 Å². The molecule has 2 aromatic rings. The lowest BCUT2D eigenvalue weighted by Gasteiger charge is -2.22. The van der Waals surface area contributed by atoms with Gasteiger partial charge in [0.1, 0.15) is 0 Å². The van der Waals surface area contributed by atoms with Crippen LogP contribution in [0.15, 0.2) is 48.8 Å². The second kappa shape index (κ2) is 7.81. The average molecular weight is 420 g/mol. The summed E-state index contributed by atoms with van der Waals surface area (Å²) in [6.07, 6.45) is 4.35. The van der Waals surface area contributed by atoms with Gasteiger partial charge in [0.2, 0.25) is 10.0 Å². The first-order chi connectivity index (χ1) is 13.4. The van der Waals surface area contributed by atoms with E-state index < -0.39 is 15.3 Å². The average Bonchev–Trinajstić information content (AvgIpc) is 2.83. The van der Waals surface area contributed by atoms with Gasteiger partial charge in [0.05, 0.1) is 5.25 Å². The summed E-state index contributed by atoms with van der Waals surface area (Å²) < 4.78 is 27.8. The molecule has 0 bridgehead atoms. The molecular formula is C20H22ClN3O3S. The van der Waals surface area contributed by atoms with Crippen molar-refractivity contribution in [2.45, 2.75) is 24.6 Å². The Morgan fingerprint density at radius 3 is 2.64 bits per heavy atom. The van der Waals surface area contributed by atoms with Gasteiger partial charge in [-0.05, 0) is 48.6 Å². The summed E-state index contributed by atoms with van der Waals surface area (Å²) in [5, 5.41) is 0.176. The summed E-state index contributed by atoms with van der Waals surface area (Å²) in [5.74, 6) is -0.0185. The van der Waals surface area contributed by atoms with E-state index in [1.54, 1.807) is 45.9 Å². The molecule has 0 spiro atoms. The maximum absolute atomic E-state index is 13.1. The van der Waals surface area contributed by atoms with Gasteiger partial charge < -0.3 is 4.90 Å². The van der Waals surface area contributed by atoms with E-state index >= 15 is 0 Å². The molecule has 4 rings (SSSR count). The van der Waals surface area contributed by atoms with Crippen LogP contribution < -0.4 is 0 Å². The molecule has 0 unspecified atom stereocenters. The molecule has 28 heavy (non-hydrogen) atoms. The monoisotopic (exact) mass is 419 g/mol. The summed E-state index contributed by atoms with van der Waals surface area (Å²) in [6, 6.07) is 10.7. The number of sulfonamides is 1. The van der Waals surface area contributed by atoms with Crippen molar-refractivity contribution in [3.8, 4) is 0 Å². The summed E-state index contributed by atoms with van der Waals surface area (Å²) in [4.78, 5) is 18.4. The number of pyridine rings is 1. The second-order valence-corrected chi connectivity index (χ2v) is 9.96. The molecule has 1 aromatic carbocycles. The number of rotatable bonds is 3. The van der Waals surface area contributed by atoms with E-state index in [0.29, 0.717) is 49.6 Å². The van der Waals surface area contributed by atoms with Crippen LogP contribution in [0.25, 0.3) is 0 Å². The number of nitrogens with zero attached hydrogens (tertiary/aromatic N) is 3. The number of fused-ring (bicyclic) bond motifs is 1. The highest BCUT2D eigenvalue weighted by atomic mass is 35.5. The van der Waals surface area contributed by atoms with Gasteiger partial charge in [0, 0.05) is 49.2 Å². The van der Waals surface area contributed by atoms with Crippen molar-refractivity contribution in [3.05, 3.63) is 64.9 Å². The minimum atomic E-state index is -3.39. The van der Waals surface area contributed by atoms with Crippen LogP contribution in [0.2, 0.25) is 5.02 Å². The number of aromatic nitrogens is 1. The van der Waals surface area contributed by atoms with Gasteiger partial charge in [0.25, 0.3) is 5.91 Å². The normalized spacial score (nSPS) is 24.5. The van der Waals surface area contributed by atoms with Crippen LogP contribution >= 0.6 is 11.6 Å². The topological polar surface area (TPSA) is 70.6 Å². The highest BCUT2D eigenvalue weighted by Crippen LogP contribution is 2.35. The van der Waals surface area contributed by atoms with Crippen LogP contribution in [0.1, 0.15) is 28.8 Å². The van der Waals surface area contributed by atoms with Gasteiger partial charge >= 0.3 is 0 Å². The summed E-state index contributed by atoms with van der Waals surface area (Å²) in [7, 11) is -3.39. The second-order valence-electron chi connectivity index (χ2n) is 7.37. The zero-order chi connectivity index (χ0) is 19.7. The number of halogens is 1. The van der Waals surface area contributed by atoms with E-state index in [9.17, 15) is 13.2 Å². The van der Waals surface area contributed by atoms with Crippen LogP contribution in [0.4, 0.5) is 0 Å². The molecule has 148 valence electrons. The van der Waals surface area contributed by atoms with Crippen molar-refractivity contribution in [2.75, 3.05) is 19.6 Å².